The largest absolute Gasteiger partial charge is 0.478 e. The Hall–Kier alpha value is -1.58. The second kappa shape index (κ2) is 6.04. The van der Waals surface area contributed by atoms with E-state index < -0.39 is 11.9 Å². The molecular weight excluding hydrogens is 245 g/mol. The smallest absolute Gasteiger partial charge is 0.260 e. The van der Waals surface area contributed by atoms with E-state index in [4.69, 9.17) is 4.74 Å². The second-order valence-electron chi connectivity index (χ2n) is 5.31. The molecule has 0 spiro atoms. The molecule has 0 aromatic heterocycles. The van der Waals surface area contributed by atoms with Gasteiger partial charge in [0, 0.05) is 6.04 Å². The van der Waals surface area contributed by atoms with Crippen LogP contribution in [-0.4, -0.2) is 18.1 Å². The maximum atomic E-state index is 13.4. The zero-order chi connectivity index (χ0) is 13.8. The van der Waals surface area contributed by atoms with E-state index in [-0.39, 0.29) is 17.7 Å². The van der Waals surface area contributed by atoms with Crippen LogP contribution in [0.2, 0.25) is 0 Å². The van der Waals surface area contributed by atoms with Gasteiger partial charge < -0.3 is 10.1 Å². The van der Waals surface area contributed by atoms with Crippen molar-refractivity contribution < 1.29 is 13.9 Å². The number of carbonyl (C=O) groups is 1. The van der Waals surface area contributed by atoms with Gasteiger partial charge in [0.2, 0.25) is 0 Å². The molecule has 0 aliphatic heterocycles. The van der Waals surface area contributed by atoms with Crippen LogP contribution >= 0.6 is 0 Å². The zero-order valence-corrected chi connectivity index (χ0v) is 11.4. The van der Waals surface area contributed by atoms with Gasteiger partial charge in [0.15, 0.2) is 17.7 Å². The molecule has 2 rings (SSSR count). The first-order valence-electron chi connectivity index (χ1n) is 6.78. The van der Waals surface area contributed by atoms with Crippen molar-refractivity contribution in [2.24, 2.45) is 5.92 Å². The number of rotatable bonds is 4. The van der Waals surface area contributed by atoms with Gasteiger partial charge in [-0.2, -0.15) is 0 Å². The fraction of sp³-hybridized carbons (Fsp3) is 0.533. The number of hydrogen-bond acceptors (Lipinski definition) is 2. The standard InChI is InChI=1S/C15H20FNO2/c1-10-7-8-12(9-10)17-15(18)11(2)19-14-6-4-3-5-13(14)16/h3-6,10-12H,7-9H2,1-2H3,(H,17,18). The molecule has 1 fully saturated rings. The van der Waals surface area contributed by atoms with Gasteiger partial charge in [-0.05, 0) is 44.2 Å². The van der Waals surface area contributed by atoms with Gasteiger partial charge in [0.1, 0.15) is 0 Å². The molecule has 1 aromatic rings. The molecule has 1 aliphatic carbocycles. The lowest BCUT2D eigenvalue weighted by Gasteiger charge is -2.18. The highest BCUT2D eigenvalue weighted by Gasteiger charge is 2.25. The van der Waals surface area contributed by atoms with Crippen molar-refractivity contribution in [1.29, 1.82) is 0 Å². The SMILES string of the molecule is CC1CCC(NC(=O)C(C)Oc2ccccc2F)C1. The van der Waals surface area contributed by atoms with Crippen molar-refractivity contribution in [3.8, 4) is 5.75 Å². The molecule has 0 radical (unpaired) electrons. The van der Waals surface area contributed by atoms with Crippen molar-refractivity contribution in [2.75, 3.05) is 0 Å². The molecule has 0 heterocycles. The third-order valence-corrected chi connectivity index (χ3v) is 3.55. The summed E-state index contributed by atoms with van der Waals surface area (Å²) in [6.07, 6.45) is 2.48. The fourth-order valence-corrected chi connectivity index (χ4v) is 2.44. The van der Waals surface area contributed by atoms with Gasteiger partial charge in [-0.15, -0.1) is 0 Å². The van der Waals surface area contributed by atoms with Gasteiger partial charge >= 0.3 is 0 Å². The van der Waals surface area contributed by atoms with Crippen LogP contribution in [0.15, 0.2) is 24.3 Å². The summed E-state index contributed by atoms with van der Waals surface area (Å²) in [5.74, 6) is 0.150. The van der Waals surface area contributed by atoms with E-state index in [2.05, 4.69) is 12.2 Å². The lowest BCUT2D eigenvalue weighted by Crippen LogP contribution is -2.41. The molecule has 1 aliphatic rings. The molecule has 0 saturated heterocycles. The summed E-state index contributed by atoms with van der Waals surface area (Å²) in [7, 11) is 0. The molecule has 3 nitrogen and oxygen atoms in total. The van der Waals surface area contributed by atoms with Crippen LogP contribution in [0, 0.1) is 11.7 Å². The van der Waals surface area contributed by atoms with Crippen molar-refractivity contribution >= 4 is 5.91 Å². The third-order valence-electron chi connectivity index (χ3n) is 3.55. The number of para-hydroxylation sites is 1. The van der Waals surface area contributed by atoms with Crippen LogP contribution in [0.3, 0.4) is 0 Å². The van der Waals surface area contributed by atoms with Crippen LogP contribution in [0.5, 0.6) is 5.75 Å². The molecule has 0 bridgehead atoms. The van der Waals surface area contributed by atoms with E-state index >= 15 is 0 Å². The van der Waals surface area contributed by atoms with Gasteiger partial charge in [0.05, 0.1) is 0 Å². The molecule has 104 valence electrons. The molecule has 19 heavy (non-hydrogen) atoms. The number of nitrogens with one attached hydrogen (secondary N) is 1. The molecule has 1 N–H and O–H groups in total. The van der Waals surface area contributed by atoms with Crippen molar-refractivity contribution in [2.45, 2.75) is 45.3 Å². The Bertz CT molecular complexity index is 450. The maximum absolute atomic E-state index is 13.4. The molecule has 1 aromatic carbocycles. The first kappa shape index (κ1) is 13.8. The average Bonchev–Trinajstić information content (AvgIpc) is 2.77. The minimum Gasteiger partial charge on any atom is -0.478 e. The monoisotopic (exact) mass is 265 g/mol. The highest BCUT2D eigenvalue weighted by atomic mass is 19.1. The number of benzene rings is 1. The van der Waals surface area contributed by atoms with E-state index in [1.807, 2.05) is 0 Å². The van der Waals surface area contributed by atoms with E-state index in [1.54, 1.807) is 19.1 Å². The highest BCUT2D eigenvalue weighted by Crippen LogP contribution is 2.24. The summed E-state index contributed by atoms with van der Waals surface area (Å²) >= 11 is 0. The minimum absolute atomic E-state index is 0.116. The lowest BCUT2D eigenvalue weighted by molar-refractivity contribution is -0.128. The molecule has 3 atom stereocenters. The number of amides is 1. The summed E-state index contributed by atoms with van der Waals surface area (Å²) in [6, 6.07) is 6.35. The predicted octanol–water partition coefficient (Wildman–Crippen LogP) is 2.90. The predicted molar refractivity (Wildman–Crippen MR) is 71.4 cm³/mol. The quantitative estimate of drug-likeness (QED) is 0.909. The Morgan fingerprint density at radius 3 is 2.79 bits per heavy atom. The van der Waals surface area contributed by atoms with E-state index in [0.29, 0.717) is 5.92 Å². The van der Waals surface area contributed by atoms with Crippen molar-refractivity contribution in [3.63, 3.8) is 0 Å². The second-order valence-corrected chi connectivity index (χ2v) is 5.31. The highest BCUT2D eigenvalue weighted by molar-refractivity contribution is 5.81. The van der Waals surface area contributed by atoms with Gasteiger partial charge in [-0.1, -0.05) is 19.1 Å². The molecular formula is C15H20FNO2. The normalized spacial score (nSPS) is 23.9. The van der Waals surface area contributed by atoms with Gasteiger partial charge in [-0.25, -0.2) is 4.39 Å². The summed E-state index contributed by atoms with van der Waals surface area (Å²) in [5.41, 5.74) is 0. The first-order chi connectivity index (χ1) is 9.06. The van der Waals surface area contributed by atoms with E-state index in [1.165, 1.54) is 12.1 Å². The Labute approximate surface area is 113 Å². The van der Waals surface area contributed by atoms with E-state index in [0.717, 1.165) is 19.3 Å². The molecule has 4 heteroatoms. The number of carbonyl (C=O) groups excluding carboxylic acids is 1. The van der Waals surface area contributed by atoms with Crippen LogP contribution < -0.4 is 10.1 Å². The summed E-state index contributed by atoms with van der Waals surface area (Å²) in [4.78, 5) is 12.0. The third kappa shape index (κ3) is 3.69. The maximum Gasteiger partial charge on any atom is 0.260 e. The Balaban J connectivity index is 1.87. The average molecular weight is 265 g/mol. The first-order valence-corrected chi connectivity index (χ1v) is 6.78. The topological polar surface area (TPSA) is 38.3 Å². The summed E-state index contributed by atoms with van der Waals surface area (Å²) in [6.45, 7) is 3.82. The molecule has 1 amide bonds. The molecule has 3 unspecified atom stereocenters. The van der Waals surface area contributed by atoms with Crippen molar-refractivity contribution in [1.82, 2.24) is 5.32 Å². The van der Waals surface area contributed by atoms with Gasteiger partial charge in [-0.3, -0.25) is 4.79 Å². The Morgan fingerprint density at radius 1 is 1.42 bits per heavy atom. The lowest BCUT2D eigenvalue weighted by atomic mass is 10.1. The van der Waals surface area contributed by atoms with Crippen LogP contribution in [0.4, 0.5) is 4.39 Å². The van der Waals surface area contributed by atoms with Crippen LogP contribution in [0.1, 0.15) is 33.1 Å². The Morgan fingerprint density at radius 2 is 2.16 bits per heavy atom. The Kier molecular flexibility index (Phi) is 4.40. The van der Waals surface area contributed by atoms with Gasteiger partial charge in [0.25, 0.3) is 5.91 Å². The minimum atomic E-state index is -0.687. The zero-order valence-electron chi connectivity index (χ0n) is 11.4. The van der Waals surface area contributed by atoms with Crippen LogP contribution in [-0.2, 0) is 4.79 Å². The summed E-state index contributed by atoms with van der Waals surface area (Å²) in [5, 5.41) is 2.96. The van der Waals surface area contributed by atoms with E-state index in [9.17, 15) is 9.18 Å². The molecule has 1 saturated carbocycles. The number of hydrogen-bond donors (Lipinski definition) is 1. The number of ether oxygens (including phenoxy) is 1. The van der Waals surface area contributed by atoms with Crippen molar-refractivity contribution in [3.05, 3.63) is 30.1 Å². The fourth-order valence-electron chi connectivity index (χ4n) is 2.44. The number of halogens is 1. The summed E-state index contributed by atoms with van der Waals surface area (Å²) < 4.78 is 18.8. The van der Waals surface area contributed by atoms with Crippen LogP contribution in [0.25, 0.3) is 0 Å².